The number of hydrogen-bond acceptors (Lipinski definition) is 6. The van der Waals surface area contributed by atoms with Gasteiger partial charge in [-0.2, -0.15) is 4.98 Å². The number of ketones is 1. The van der Waals surface area contributed by atoms with E-state index in [4.69, 9.17) is 9.47 Å². The average Bonchev–Trinajstić information content (AvgIpc) is 2.67. The lowest BCUT2D eigenvalue weighted by Gasteiger charge is -2.13. The number of nitrogens with zero attached hydrogens (tertiary/aromatic N) is 2. The standard InChI is InChI=1S/C20H19N3O3/c1-14(24)17-10-6-7-15(19(17)25-2)13-22-20-21-12-11-18(23-20)26-16-8-4-3-5-9-16/h3-12H,13H2,1-2H3,(H,21,22,23). The Morgan fingerprint density at radius 2 is 1.88 bits per heavy atom. The highest BCUT2D eigenvalue weighted by Crippen LogP contribution is 2.25. The molecule has 0 radical (unpaired) electrons. The van der Waals surface area contributed by atoms with Crippen molar-refractivity contribution in [1.82, 2.24) is 9.97 Å². The fraction of sp³-hybridized carbons (Fsp3) is 0.150. The summed E-state index contributed by atoms with van der Waals surface area (Å²) in [6, 6.07) is 16.6. The summed E-state index contributed by atoms with van der Waals surface area (Å²) in [6.07, 6.45) is 1.62. The Hall–Kier alpha value is -3.41. The summed E-state index contributed by atoms with van der Waals surface area (Å²) >= 11 is 0. The highest BCUT2D eigenvalue weighted by molar-refractivity contribution is 5.97. The second kappa shape index (κ2) is 8.11. The molecule has 26 heavy (non-hydrogen) atoms. The van der Waals surface area contributed by atoms with Crippen molar-refractivity contribution in [3.63, 3.8) is 0 Å². The van der Waals surface area contributed by atoms with Crippen LogP contribution in [0.15, 0.2) is 60.8 Å². The van der Waals surface area contributed by atoms with Gasteiger partial charge in [0.1, 0.15) is 11.5 Å². The maximum Gasteiger partial charge on any atom is 0.226 e. The Balaban J connectivity index is 1.73. The van der Waals surface area contributed by atoms with Crippen molar-refractivity contribution in [2.24, 2.45) is 0 Å². The Labute approximate surface area is 151 Å². The number of rotatable bonds is 7. The van der Waals surface area contributed by atoms with E-state index in [1.807, 2.05) is 42.5 Å². The maximum atomic E-state index is 11.7. The SMILES string of the molecule is COc1c(CNc2nccc(Oc3ccccc3)n2)cccc1C(C)=O. The third-order valence-electron chi connectivity index (χ3n) is 3.71. The summed E-state index contributed by atoms with van der Waals surface area (Å²) in [5.74, 6) is 2.09. The van der Waals surface area contributed by atoms with Crippen molar-refractivity contribution in [2.45, 2.75) is 13.5 Å². The van der Waals surface area contributed by atoms with Crippen LogP contribution in [0.5, 0.6) is 17.4 Å². The molecule has 0 saturated carbocycles. The molecule has 1 N–H and O–H groups in total. The van der Waals surface area contributed by atoms with E-state index in [0.29, 0.717) is 35.4 Å². The summed E-state index contributed by atoms with van der Waals surface area (Å²) < 4.78 is 11.1. The van der Waals surface area contributed by atoms with Gasteiger partial charge in [-0.15, -0.1) is 0 Å². The van der Waals surface area contributed by atoms with E-state index < -0.39 is 0 Å². The van der Waals surface area contributed by atoms with Crippen molar-refractivity contribution in [3.8, 4) is 17.4 Å². The molecule has 1 aromatic heterocycles. The largest absolute Gasteiger partial charge is 0.496 e. The normalized spacial score (nSPS) is 10.2. The number of hydrogen-bond donors (Lipinski definition) is 1. The first-order valence-electron chi connectivity index (χ1n) is 8.14. The zero-order chi connectivity index (χ0) is 18.4. The molecule has 0 spiro atoms. The summed E-state index contributed by atoms with van der Waals surface area (Å²) in [5.41, 5.74) is 1.40. The number of carbonyl (C=O) groups excluding carboxylic acids is 1. The Morgan fingerprint density at radius 1 is 1.08 bits per heavy atom. The van der Waals surface area contributed by atoms with E-state index in [0.717, 1.165) is 5.56 Å². The van der Waals surface area contributed by atoms with Gasteiger partial charge in [-0.05, 0) is 25.1 Å². The van der Waals surface area contributed by atoms with Crippen molar-refractivity contribution < 1.29 is 14.3 Å². The van der Waals surface area contributed by atoms with Crippen LogP contribution >= 0.6 is 0 Å². The van der Waals surface area contributed by atoms with Gasteiger partial charge in [0.25, 0.3) is 0 Å². The first kappa shape index (κ1) is 17.4. The molecule has 0 fully saturated rings. The molecule has 0 atom stereocenters. The molecule has 2 aromatic carbocycles. The molecule has 6 heteroatoms. The molecule has 0 aliphatic carbocycles. The van der Waals surface area contributed by atoms with Gasteiger partial charge in [0, 0.05) is 24.4 Å². The van der Waals surface area contributed by atoms with Crippen LogP contribution in [-0.2, 0) is 6.54 Å². The van der Waals surface area contributed by atoms with Gasteiger partial charge in [-0.1, -0.05) is 30.3 Å². The van der Waals surface area contributed by atoms with Crippen LogP contribution in [-0.4, -0.2) is 22.9 Å². The van der Waals surface area contributed by atoms with Crippen molar-refractivity contribution in [1.29, 1.82) is 0 Å². The summed E-state index contributed by atoms with van der Waals surface area (Å²) in [4.78, 5) is 20.3. The summed E-state index contributed by atoms with van der Waals surface area (Å²) in [7, 11) is 1.55. The minimum atomic E-state index is -0.0433. The minimum Gasteiger partial charge on any atom is -0.496 e. The first-order valence-corrected chi connectivity index (χ1v) is 8.14. The summed E-state index contributed by atoms with van der Waals surface area (Å²) in [5, 5.41) is 3.13. The second-order valence-corrected chi connectivity index (χ2v) is 5.54. The molecular weight excluding hydrogens is 330 g/mol. The number of aromatic nitrogens is 2. The van der Waals surface area contributed by atoms with Gasteiger partial charge < -0.3 is 14.8 Å². The topological polar surface area (TPSA) is 73.3 Å². The molecule has 3 rings (SSSR count). The van der Waals surface area contributed by atoms with Crippen molar-refractivity contribution in [2.75, 3.05) is 12.4 Å². The number of ether oxygens (including phenoxy) is 2. The van der Waals surface area contributed by atoms with E-state index in [1.54, 1.807) is 25.4 Å². The van der Waals surface area contributed by atoms with Crippen LogP contribution in [0, 0.1) is 0 Å². The molecule has 3 aromatic rings. The predicted octanol–water partition coefficient (Wildman–Crippen LogP) is 4.09. The molecule has 0 bridgehead atoms. The second-order valence-electron chi connectivity index (χ2n) is 5.54. The number of anilines is 1. The fourth-order valence-electron chi connectivity index (χ4n) is 2.51. The average molecular weight is 349 g/mol. The molecule has 6 nitrogen and oxygen atoms in total. The smallest absolute Gasteiger partial charge is 0.226 e. The van der Waals surface area contributed by atoms with E-state index in [1.165, 1.54) is 6.92 Å². The van der Waals surface area contributed by atoms with Gasteiger partial charge >= 0.3 is 0 Å². The lowest BCUT2D eigenvalue weighted by atomic mass is 10.1. The van der Waals surface area contributed by atoms with Crippen LogP contribution < -0.4 is 14.8 Å². The molecule has 0 amide bonds. The van der Waals surface area contributed by atoms with Gasteiger partial charge in [0.05, 0.1) is 12.7 Å². The number of Topliss-reactive ketones (excluding diaryl/α,β-unsaturated/α-hetero) is 1. The Kier molecular flexibility index (Phi) is 5.43. The predicted molar refractivity (Wildman–Crippen MR) is 98.9 cm³/mol. The zero-order valence-corrected chi connectivity index (χ0v) is 14.6. The Bertz CT molecular complexity index is 898. The lowest BCUT2D eigenvalue weighted by Crippen LogP contribution is -2.07. The summed E-state index contributed by atoms with van der Waals surface area (Å²) in [6.45, 7) is 1.93. The third-order valence-corrected chi connectivity index (χ3v) is 3.71. The van der Waals surface area contributed by atoms with Gasteiger partial charge in [-0.25, -0.2) is 4.98 Å². The molecule has 0 aliphatic rings. The van der Waals surface area contributed by atoms with Crippen molar-refractivity contribution >= 4 is 11.7 Å². The molecule has 132 valence electrons. The number of methoxy groups -OCH3 is 1. The molecule has 0 unspecified atom stereocenters. The van der Waals surface area contributed by atoms with Crippen LogP contribution in [0.25, 0.3) is 0 Å². The van der Waals surface area contributed by atoms with E-state index in [2.05, 4.69) is 15.3 Å². The Morgan fingerprint density at radius 3 is 2.62 bits per heavy atom. The van der Waals surface area contributed by atoms with Crippen LogP contribution in [0.1, 0.15) is 22.8 Å². The fourth-order valence-corrected chi connectivity index (χ4v) is 2.51. The van der Waals surface area contributed by atoms with Crippen LogP contribution in [0.2, 0.25) is 0 Å². The van der Waals surface area contributed by atoms with Gasteiger partial charge in [0.15, 0.2) is 5.78 Å². The first-order chi connectivity index (χ1) is 12.7. The monoisotopic (exact) mass is 349 g/mol. The number of carbonyl (C=O) groups is 1. The minimum absolute atomic E-state index is 0.0433. The highest BCUT2D eigenvalue weighted by Gasteiger charge is 2.12. The molecular formula is C20H19N3O3. The van der Waals surface area contributed by atoms with E-state index in [-0.39, 0.29) is 5.78 Å². The van der Waals surface area contributed by atoms with Crippen LogP contribution in [0.4, 0.5) is 5.95 Å². The molecule has 0 aliphatic heterocycles. The van der Waals surface area contributed by atoms with E-state index >= 15 is 0 Å². The third kappa shape index (κ3) is 4.16. The number of nitrogens with one attached hydrogen (secondary N) is 1. The van der Waals surface area contributed by atoms with Gasteiger partial charge in [-0.3, -0.25) is 4.79 Å². The maximum absolute atomic E-state index is 11.7. The van der Waals surface area contributed by atoms with E-state index in [9.17, 15) is 4.79 Å². The zero-order valence-electron chi connectivity index (χ0n) is 14.6. The molecule has 0 saturated heterocycles. The highest BCUT2D eigenvalue weighted by atomic mass is 16.5. The number of para-hydroxylation sites is 2. The number of benzene rings is 2. The van der Waals surface area contributed by atoms with Gasteiger partial charge in [0.2, 0.25) is 11.8 Å². The van der Waals surface area contributed by atoms with Crippen LogP contribution in [0.3, 0.4) is 0 Å². The quantitative estimate of drug-likeness (QED) is 0.648. The van der Waals surface area contributed by atoms with Crippen molar-refractivity contribution in [3.05, 3.63) is 71.9 Å². The lowest BCUT2D eigenvalue weighted by molar-refractivity contribution is 0.101. The molecule has 1 heterocycles.